The van der Waals surface area contributed by atoms with Crippen LogP contribution >= 0.6 is 0 Å². The second-order valence-electron chi connectivity index (χ2n) is 6.18. The van der Waals surface area contributed by atoms with Crippen LogP contribution in [0.4, 0.5) is 0 Å². The topological polar surface area (TPSA) is 92.4 Å². The van der Waals surface area contributed by atoms with Gasteiger partial charge in [0, 0.05) is 45.4 Å². The number of aryl methyl sites for hydroxylation is 1. The molecule has 8 heteroatoms. The molecular weight excluding hydrogens is 322 g/mol. The normalized spacial score (nSPS) is 17.1. The average molecular weight is 343 g/mol. The molecule has 2 aromatic heterocycles. The third-order valence-electron chi connectivity index (χ3n) is 4.25. The molecule has 2 aromatic rings. The number of nitrogens with zero attached hydrogens (tertiary/aromatic N) is 5. The van der Waals surface area contributed by atoms with Crippen LogP contribution in [0.15, 0.2) is 29.0 Å². The largest absolute Gasteiger partial charge is 0.339 e. The highest BCUT2D eigenvalue weighted by Gasteiger charge is 2.35. The molecule has 0 N–H and O–H groups in total. The van der Waals surface area contributed by atoms with Gasteiger partial charge in [-0.15, -0.1) is 0 Å². The van der Waals surface area contributed by atoms with E-state index in [2.05, 4.69) is 15.1 Å². The Hall–Kier alpha value is -2.77. The minimum Gasteiger partial charge on any atom is -0.339 e. The van der Waals surface area contributed by atoms with Crippen molar-refractivity contribution in [2.75, 3.05) is 13.6 Å². The van der Waals surface area contributed by atoms with Crippen LogP contribution in [0.25, 0.3) is 0 Å². The minimum absolute atomic E-state index is 0.00334. The quantitative estimate of drug-likeness (QED) is 0.778. The molecule has 132 valence electrons. The van der Waals surface area contributed by atoms with Crippen molar-refractivity contribution in [1.29, 1.82) is 0 Å². The molecule has 0 aromatic carbocycles. The predicted molar refractivity (Wildman–Crippen MR) is 87.9 cm³/mol. The van der Waals surface area contributed by atoms with Gasteiger partial charge in [0.2, 0.25) is 17.7 Å². The Balaban J connectivity index is 1.58. The Morgan fingerprint density at radius 2 is 2.16 bits per heavy atom. The van der Waals surface area contributed by atoms with Crippen molar-refractivity contribution in [1.82, 2.24) is 24.9 Å². The molecule has 3 heterocycles. The van der Waals surface area contributed by atoms with E-state index in [0.717, 1.165) is 5.56 Å². The molecule has 1 saturated heterocycles. The molecule has 25 heavy (non-hydrogen) atoms. The maximum Gasteiger partial charge on any atom is 0.228 e. The second kappa shape index (κ2) is 7.42. The molecule has 0 aliphatic carbocycles. The first kappa shape index (κ1) is 17.1. The van der Waals surface area contributed by atoms with Crippen LogP contribution < -0.4 is 0 Å². The lowest BCUT2D eigenvalue weighted by Crippen LogP contribution is -2.34. The van der Waals surface area contributed by atoms with Crippen molar-refractivity contribution in [2.24, 2.45) is 5.92 Å². The zero-order valence-electron chi connectivity index (χ0n) is 14.4. The fourth-order valence-electron chi connectivity index (χ4n) is 2.90. The lowest BCUT2D eigenvalue weighted by molar-refractivity contribution is -0.135. The van der Waals surface area contributed by atoms with Gasteiger partial charge in [0.15, 0.2) is 5.82 Å². The van der Waals surface area contributed by atoms with Gasteiger partial charge in [-0.3, -0.25) is 14.6 Å². The van der Waals surface area contributed by atoms with E-state index in [1.807, 2.05) is 19.1 Å². The van der Waals surface area contributed by atoms with Crippen LogP contribution in [0.2, 0.25) is 0 Å². The number of carbonyl (C=O) groups excluding carboxylic acids is 2. The van der Waals surface area contributed by atoms with Crippen LogP contribution in [0.3, 0.4) is 0 Å². The summed E-state index contributed by atoms with van der Waals surface area (Å²) in [5.74, 6) is 0.614. The highest BCUT2D eigenvalue weighted by atomic mass is 16.5. The van der Waals surface area contributed by atoms with Gasteiger partial charge >= 0.3 is 0 Å². The average Bonchev–Trinajstić information content (AvgIpc) is 3.22. The van der Waals surface area contributed by atoms with Crippen molar-refractivity contribution >= 4 is 11.8 Å². The van der Waals surface area contributed by atoms with Crippen LogP contribution in [0.1, 0.15) is 30.6 Å². The Labute approximate surface area is 145 Å². The first-order chi connectivity index (χ1) is 12.1. The van der Waals surface area contributed by atoms with Gasteiger partial charge in [-0.1, -0.05) is 12.1 Å². The number of likely N-dealkylation sites (tertiary alicyclic amines) is 1. The molecule has 1 atom stereocenters. The number of hydrogen-bond acceptors (Lipinski definition) is 6. The fourth-order valence-corrected chi connectivity index (χ4v) is 2.90. The van der Waals surface area contributed by atoms with E-state index in [1.54, 1.807) is 29.2 Å². The highest BCUT2D eigenvalue weighted by molar-refractivity contribution is 5.89. The number of aromatic nitrogens is 3. The third-order valence-corrected chi connectivity index (χ3v) is 4.25. The summed E-state index contributed by atoms with van der Waals surface area (Å²) in [6, 6.07) is 3.74. The molecule has 1 aliphatic rings. The molecule has 0 spiro atoms. The van der Waals surface area contributed by atoms with Crippen molar-refractivity contribution in [3.05, 3.63) is 41.8 Å². The van der Waals surface area contributed by atoms with Crippen LogP contribution in [-0.2, 0) is 29.1 Å². The van der Waals surface area contributed by atoms with Crippen LogP contribution in [-0.4, -0.2) is 50.3 Å². The van der Waals surface area contributed by atoms with Gasteiger partial charge in [0.05, 0.1) is 12.5 Å². The van der Waals surface area contributed by atoms with Crippen LogP contribution in [0, 0.1) is 5.92 Å². The van der Waals surface area contributed by atoms with E-state index in [0.29, 0.717) is 31.2 Å². The molecule has 0 radical (unpaired) electrons. The van der Waals surface area contributed by atoms with Crippen LogP contribution in [0.5, 0.6) is 0 Å². The standard InChI is InChI=1S/C17H21N5O3/c1-3-15-19-14(20-25-15)11-21(2)17(24)13-8-16(23)22(10-13)9-12-4-6-18-7-5-12/h4-7,13H,3,8-11H2,1-2H3/t13-/m1/s1. The summed E-state index contributed by atoms with van der Waals surface area (Å²) >= 11 is 0. The summed E-state index contributed by atoms with van der Waals surface area (Å²) in [6.45, 7) is 3.13. The molecule has 2 amide bonds. The van der Waals surface area contributed by atoms with E-state index < -0.39 is 0 Å². The summed E-state index contributed by atoms with van der Waals surface area (Å²) in [4.78, 5) is 36.3. The molecule has 3 rings (SSSR count). The Morgan fingerprint density at radius 3 is 2.84 bits per heavy atom. The summed E-state index contributed by atoms with van der Waals surface area (Å²) in [7, 11) is 1.69. The van der Waals surface area contributed by atoms with E-state index >= 15 is 0 Å². The molecule has 1 fully saturated rings. The SMILES string of the molecule is CCc1nc(CN(C)C(=O)[C@@H]2CC(=O)N(Cc3ccncc3)C2)no1. The number of rotatable bonds is 6. The van der Waals surface area contributed by atoms with Gasteiger partial charge in [-0.05, 0) is 17.7 Å². The molecule has 0 saturated carbocycles. The monoisotopic (exact) mass is 343 g/mol. The number of amides is 2. The number of pyridine rings is 1. The second-order valence-corrected chi connectivity index (χ2v) is 6.18. The third kappa shape index (κ3) is 4.01. The Morgan fingerprint density at radius 1 is 1.40 bits per heavy atom. The molecular formula is C17H21N5O3. The zero-order valence-corrected chi connectivity index (χ0v) is 14.4. The van der Waals surface area contributed by atoms with E-state index in [1.165, 1.54) is 0 Å². The molecule has 8 nitrogen and oxygen atoms in total. The minimum atomic E-state index is -0.336. The van der Waals surface area contributed by atoms with Crippen molar-refractivity contribution in [2.45, 2.75) is 32.9 Å². The first-order valence-corrected chi connectivity index (χ1v) is 8.30. The summed E-state index contributed by atoms with van der Waals surface area (Å²) < 4.78 is 5.05. The maximum atomic E-state index is 12.6. The molecule has 0 bridgehead atoms. The maximum absolute atomic E-state index is 12.6. The summed E-state index contributed by atoms with van der Waals surface area (Å²) in [5.41, 5.74) is 1.00. The lowest BCUT2D eigenvalue weighted by Gasteiger charge is -2.20. The van der Waals surface area contributed by atoms with E-state index in [-0.39, 0.29) is 30.7 Å². The van der Waals surface area contributed by atoms with E-state index in [4.69, 9.17) is 4.52 Å². The van der Waals surface area contributed by atoms with E-state index in [9.17, 15) is 9.59 Å². The van der Waals surface area contributed by atoms with Gasteiger partial charge in [-0.2, -0.15) is 4.98 Å². The molecule has 0 unspecified atom stereocenters. The summed E-state index contributed by atoms with van der Waals surface area (Å²) in [5, 5.41) is 3.86. The lowest BCUT2D eigenvalue weighted by atomic mass is 10.1. The number of carbonyl (C=O) groups is 2. The Bertz CT molecular complexity index is 746. The number of hydrogen-bond donors (Lipinski definition) is 0. The van der Waals surface area contributed by atoms with Crippen molar-refractivity contribution in [3.63, 3.8) is 0 Å². The zero-order chi connectivity index (χ0) is 17.8. The van der Waals surface area contributed by atoms with Gasteiger partial charge in [-0.25, -0.2) is 0 Å². The molecule has 1 aliphatic heterocycles. The van der Waals surface area contributed by atoms with Crippen molar-refractivity contribution in [3.8, 4) is 0 Å². The fraction of sp³-hybridized carbons (Fsp3) is 0.471. The predicted octanol–water partition coefficient (Wildman–Crippen LogP) is 1.03. The first-order valence-electron chi connectivity index (χ1n) is 8.30. The summed E-state index contributed by atoms with van der Waals surface area (Å²) in [6.07, 6.45) is 4.29. The highest BCUT2D eigenvalue weighted by Crippen LogP contribution is 2.22. The smallest absolute Gasteiger partial charge is 0.228 e. The van der Waals surface area contributed by atoms with Gasteiger partial charge < -0.3 is 14.3 Å². The van der Waals surface area contributed by atoms with Gasteiger partial charge in [0.25, 0.3) is 0 Å². The Kier molecular flexibility index (Phi) is 5.06. The van der Waals surface area contributed by atoms with Gasteiger partial charge in [0.1, 0.15) is 0 Å². The van der Waals surface area contributed by atoms with Crippen molar-refractivity contribution < 1.29 is 14.1 Å².